The van der Waals surface area contributed by atoms with E-state index < -0.39 is 5.91 Å². The van der Waals surface area contributed by atoms with Crippen molar-refractivity contribution in [3.05, 3.63) is 28.2 Å². The fraction of sp³-hybridized carbons (Fsp3) is 0.357. The summed E-state index contributed by atoms with van der Waals surface area (Å²) >= 11 is 3.34. The smallest absolute Gasteiger partial charge is 0.239 e. The lowest BCUT2D eigenvalue weighted by atomic mass is 10.2. The van der Waals surface area contributed by atoms with Gasteiger partial charge in [0, 0.05) is 23.1 Å². The largest absolute Gasteiger partial charge is 0.354 e. The van der Waals surface area contributed by atoms with E-state index in [1.165, 1.54) is 0 Å². The Bertz CT molecular complexity index is 563. The molecule has 0 bridgehead atoms. The van der Waals surface area contributed by atoms with Gasteiger partial charge in [-0.25, -0.2) is 0 Å². The van der Waals surface area contributed by atoms with E-state index in [4.69, 9.17) is 5.73 Å². The number of halogens is 1. The van der Waals surface area contributed by atoms with Crippen LogP contribution >= 0.6 is 15.9 Å². The first-order valence-corrected chi connectivity index (χ1v) is 7.51. The fourth-order valence-corrected chi connectivity index (χ4v) is 1.93. The molecule has 0 atom stereocenters. The van der Waals surface area contributed by atoms with Gasteiger partial charge in [0.2, 0.25) is 17.7 Å². The molecule has 3 amide bonds. The molecule has 22 heavy (non-hydrogen) atoms. The number of hydrogen-bond acceptors (Lipinski definition) is 4. The highest BCUT2D eigenvalue weighted by atomic mass is 79.9. The van der Waals surface area contributed by atoms with Gasteiger partial charge in [0.05, 0.1) is 13.1 Å². The monoisotopic (exact) mass is 370 g/mol. The first-order chi connectivity index (χ1) is 10.4. The average molecular weight is 371 g/mol. The predicted octanol–water partition coefficient (Wildman–Crippen LogP) is 0.277. The number of benzene rings is 1. The van der Waals surface area contributed by atoms with E-state index in [-0.39, 0.29) is 37.9 Å². The molecule has 1 aromatic carbocycles. The number of carbonyl (C=O) groups is 3. The van der Waals surface area contributed by atoms with Gasteiger partial charge in [0.1, 0.15) is 0 Å². The molecule has 0 aliphatic rings. The molecule has 120 valence electrons. The van der Waals surface area contributed by atoms with Gasteiger partial charge in [-0.2, -0.15) is 0 Å². The Morgan fingerprint density at radius 2 is 1.86 bits per heavy atom. The molecule has 0 aliphatic carbocycles. The normalized spacial score (nSPS) is 9.95. The quantitative estimate of drug-likeness (QED) is 0.551. The summed E-state index contributed by atoms with van der Waals surface area (Å²) in [7, 11) is 0. The van der Waals surface area contributed by atoms with Crippen LogP contribution in [0.4, 0.5) is 5.69 Å². The van der Waals surface area contributed by atoms with Crippen LogP contribution in [-0.4, -0.2) is 37.4 Å². The van der Waals surface area contributed by atoms with Crippen molar-refractivity contribution >= 4 is 39.3 Å². The van der Waals surface area contributed by atoms with Crippen molar-refractivity contribution in [2.45, 2.75) is 13.3 Å². The second kappa shape index (κ2) is 9.16. The van der Waals surface area contributed by atoms with E-state index in [0.717, 1.165) is 15.7 Å². The summed E-state index contributed by atoms with van der Waals surface area (Å²) in [6.07, 6.45) is 0.141. The van der Waals surface area contributed by atoms with Gasteiger partial charge in [-0.3, -0.25) is 14.4 Å². The van der Waals surface area contributed by atoms with Crippen LogP contribution in [0, 0.1) is 6.92 Å². The first kappa shape index (κ1) is 18.1. The second-order valence-electron chi connectivity index (χ2n) is 4.59. The van der Waals surface area contributed by atoms with E-state index >= 15 is 0 Å². The number of rotatable bonds is 7. The van der Waals surface area contributed by atoms with Crippen LogP contribution in [0.2, 0.25) is 0 Å². The lowest BCUT2D eigenvalue weighted by Gasteiger charge is -2.09. The molecule has 0 radical (unpaired) electrons. The van der Waals surface area contributed by atoms with Crippen LogP contribution < -0.4 is 21.7 Å². The van der Waals surface area contributed by atoms with Crippen LogP contribution in [0.1, 0.15) is 12.0 Å². The van der Waals surface area contributed by atoms with Gasteiger partial charge in [0.15, 0.2) is 0 Å². The van der Waals surface area contributed by atoms with E-state index in [9.17, 15) is 14.4 Å². The number of aryl methyl sites for hydroxylation is 1. The Hall–Kier alpha value is -1.93. The maximum Gasteiger partial charge on any atom is 0.239 e. The number of anilines is 1. The van der Waals surface area contributed by atoms with Gasteiger partial charge < -0.3 is 21.7 Å². The molecular weight excluding hydrogens is 352 g/mol. The van der Waals surface area contributed by atoms with Gasteiger partial charge in [-0.1, -0.05) is 22.0 Å². The predicted molar refractivity (Wildman–Crippen MR) is 87.2 cm³/mol. The van der Waals surface area contributed by atoms with E-state index in [2.05, 4.69) is 31.9 Å². The third-order valence-electron chi connectivity index (χ3n) is 2.78. The molecular formula is C14H19BrN4O3. The molecule has 0 aromatic heterocycles. The number of nitrogens with one attached hydrogen (secondary N) is 3. The minimum Gasteiger partial charge on any atom is -0.354 e. The molecule has 0 saturated carbocycles. The summed E-state index contributed by atoms with van der Waals surface area (Å²) in [5.74, 6) is -0.973. The third-order valence-corrected chi connectivity index (χ3v) is 3.27. The zero-order valence-corrected chi connectivity index (χ0v) is 13.8. The zero-order chi connectivity index (χ0) is 16.5. The average Bonchev–Trinajstić information content (AvgIpc) is 2.48. The maximum atomic E-state index is 11.8. The SMILES string of the molecule is Cc1ccc(Br)cc1NC(=O)CCNC(=O)CNC(=O)CN. The van der Waals surface area contributed by atoms with Crippen molar-refractivity contribution in [3.63, 3.8) is 0 Å². The topological polar surface area (TPSA) is 113 Å². The molecule has 1 aromatic rings. The Kier molecular flexibility index (Phi) is 7.55. The van der Waals surface area contributed by atoms with Crippen LogP contribution in [0.3, 0.4) is 0 Å². The van der Waals surface area contributed by atoms with Crippen molar-refractivity contribution in [2.24, 2.45) is 5.73 Å². The van der Waals surface area contributed by atoms with Crippen molar-refractivity contribution in [1.29, 1.82) is 0 Å². The summed E-state index contributed by atoms with van der Waals surface area (Å²) in [5, 5.41) is 7.66. The molecule has 8 heteroatoms. The highest BCUT2D eigenvalue weighted by Crippen LogP contribution is 2.20. The molecule has 0 heterocycles. The zero-order valence-electron chi connectivity index (χ0n) is 12.2. The lowest BCUT2D eigenvalue weighted by molar-refractivity contribution is -0.125. The summed E-state index contributed by atoms with van der Waals surface area (Å²) in [6, 6.07) is 5.59. The summed E-state index contributed by atoms with van der Waals surface area (Å²) in [6.45, 7) is 1.77. The number of amides is 3. The molecule has 7 nitrogen and oxygen atoms in total. The molecule has 0 fully saturated rings. The summed E-state index contributed by atoms with van der Waals surface area (Å²) in [4.78, 5) is 34.1. The van der Waals surface area contributed by atoms with E-state index in [0.29, 0.717) is 0 Å². The summed E-state index contributed by atoms with van der Waals surface area (Å²) < 4.78 is 0.873. The minimum absolute atomic E-state index is 0.141. The Balaban J connectivity index is 2.30. The Labute approximate surface area is 137 Å². The van der Waals surface area contributed by atoms with Gasteiger partial charge >= 0.3 is 0 Å². The van der Waals surface area contributed by atoms with Crippen LogP contribution in [-0.2, 0) is 14.4 Å². The van der Waals surface area contributed by atoms with E-state index in [1.807, 2.05) is 25.1 Å². The highest BCUT2D eigenvalue weighted by Gasteiger charge is 2.07. The molecule has 0 saturated heterocycles. The Morgan fingerprint density at radius 3 is 2.55 bits per heavy atom. The van der Waals surface area contributed by atoms with Crippen molar-refractivity contribution in [3.8, 4) is 0 Å². The molecule has 0 aliphatic heterocycles. The lowest BCUT2D eigenvalue weighted by Crippen LogP contribution is -2.40. The maximum absolute atomic E-state index is 11.8. The molecule has 5 N–H and O–H groups in total. The van der Waals surface area contributed by atoms with E-state index in [1.54, 1.807) is 0 Å². The standard InChI is InChI=1S/C14H19BrN4O3/c1-9-2-3-10(15)6-11(9)19-12(20)4-5-17-14(22)8-18-13(21)7-16/h2-3,6H,4-5,7-8,16H2,1H3,(H,17,22)(H,18,21)(H,19,20). The van der Waals surface area contributed by atoms with Crippen molar-refractivity contribution in [1.82, 2.24) is 10.6 Å². The molecule has 0 spiro atoms. The van der Waals surface area contributed by atoms with Gasteiger partial charge in [-0.15, -0.1) is 0 Å². The third kappa shape index (κ3) is 6.68. The number of hydrogen-bond donors (Lipinski definition) is 4. The van der Waals surface area contributed by atoms with Crippen molar-refractivity contribution in [2.75, 3.05) is 25.0 Å². The van der Waals surface area contributed by atoms with Crippen LogP contribution in [0.5, 0.6) is 0 Å². The number of carbonyl (C=O) groups excluding carboxylic acids is 3. The minimum atomic E-state index is -0.405. The molecule has 1 rings (SSSR count). The fourth-order valence-electron chi connectivity index (χ4n) is 1.57. The van der Waals surface area contributed by atoms with Crippen molar-refractivity contribution < 1.29 is 14.4 Å². The van der Waals surface area contributed by atoms with Gasteiger partial charge in [-0.05, 0) is 24.6 Å². The Morgan fingerprint density at radius 1 is 1.14 bits per heavy atom. The first-order valence-electron chi connectivity index (χ1n) is 6.72. The van der Waals surface area contributed by atoms with Crippen LogP contribution in [0.25, 0.3) is 0 Å². The molecule has 0 unspecified atom stereocenters. The highest BCUT2D eigenvalue weighted by molar-refractivity contribution is 9.10. The number of nitrogens with two attached hydrogens (primary N) is 1. The second-order valence-corrected chi connectivity index (χ2v) is 5.50. The summed E-state index contributed by atoms with van der Waals surface area (Å²) in [5.41, 5.74) is 6.77. The van der Waals surface area contributed by atoms with Crippen LogP contribution in [0.15, 0.2) is 22.7 Å². The van der Waals surface area contributed by atoms with Gasteiger partial charge in [0.25, 0.3) is 0 Å².